The van der Waals surface area contributed by atoms with E-state index >= 15 is 0 Å². The van der Waals surface area contributed by atoms with Gasteiger partial charge in [-0.25, -0.2) is 4.79 Å². The number of hydrogen-bond acceptors (Lipinski definition) is 5. The maximum Gasteiger partial charge on any atom is 0.408 e. The van der Waals surface area contributed by atoms with Crippen LogP contribution in [0.4, 0.5) is 10.5 Å². The Balaban J connectivity index is 3.13. The summed E-state index contributed by atoms with van der Waals surface area (Å²) in [4.78, 5) is 33.5. The van der Waals surface area contributed by atoms with Gasteiger partial charge in [-0.2, -0.15) is 0 Å². The van der Waals surface area contributed by atoms with E-state index in [2.05, 4.69) is 5.32 Å². The summed E-state index contributed by atoms with van der Waals surface area (Å²) in [5.74, 6) is 0. The molecular formula is C14H17ClN2O5. The second-order valence-corrected chi connectivity index (χ2v) is 6.28. The molecule has 0 aromatic heterocycles. The molecule has 0 saturated carbocycles. The second-order valence-electron chi connectivity index (χ2n) is 5.87. The van der Waals surface area contributed by atoms with E-state index < -0.39 is 22.2 Å². The Kier molecular flexibility index (Phi) is 5.13. The molecule has 0 aliphatic rings. The summed E-state index contributed by atoms with van der Waals surface area (Å²) in [5.41, 5.74) is -2.33. The van der Waals surface area contributed by atoms with E-state index in [9.17, 15) is 19.7 Å². The van der Waals surface area contributed by atoms with Crippen molar-refractivity contribution in [3.05, 3.63) is 38.9 Å². The van der Waals surface area contributed by atoms with Crippen LogP contribution in [0.2, 0.25) is 5.02 Å². The minimum Gasteiger partial charge on any atom is -0.444 e. The van der Waals surface area contributed by atoms with Gasteiger partial charge in [-0.05, 0) is 39.3 Å². The van der Waals surface area contributed by atoms with Gasteiger partial charge in [0.2, 0.25) is 0 Å². The number of nitro groups is 1. The first-order valence-electron chi connectivity index (χ1n) is 6.40. The van der Waals surface area contributed by atoms with Crippen LogP contribution in [0.5, 0.6) is 0 Å². The summed E-state index contributed by atoms with van der Waals surface area (Å²) in [5, 5.41) is 13.3. The zero-order valence-corrected chi connectivity index (χ0v) is 13.4. The van der Waals surface area contributed by atoms with Crippen molar-refractivity contribution in [3.63, 3.8) is 0 Å². The number of benzene rings is 1. The topological polar surface area (TPSA) is 98.5 Å². The van der Waals surface area contributed by atoms with Crippen LogP contribution in [0.25, 0.3) is 0 Å². The fourth-order valence-electron chi connectivity index (χ4n) is 1.66. The number of aldehydes is 1. The summed E-state index contributed by atoms with van der Waals surface area (Å²) in [6.07, 6.45) is -0.330. The van der Waals surface area contributed by atoms with Gasteiger partial charge in [0.15, 0.2) is 0 Å². The lowest BCUT2D eigenvalue weighted by Crippen LogP contribution is -2.46. The predicted molar refractivity (Wildman–Crippen MR) is 80.9 cm³/mol. The average molecular weight is 329 g/mol. The van der Waals surface area contributed by atoms with Gasteiger partial charge in [0.25, 0.3) is 5.69 Å². The molecule has 7 nitrogen and oxygen atoms in total. The summed E-state index contributed by atoms with van der Waals surface area (Å²) in [7, 11) is 0. The van der Waals surface area contributed by atoms with Crippen molar-refractivity contribution in [2.24, 2.45) is 0 Å². The Labute approximate surface area is 132 Å². The number of rotatable bonds is 4. The van der Waals surface area contributed by atoms with Crippen molar-refractivity contribution < 1.29 is 19.2 Å². The standard InChI is InChI=1S/C14H17ClN2O5/c1-13(2,3)22-12(19)16-14(4,8-18)9-5-6-10(15)11(7-9)17(20)21/h5-8H,1-4H3,(H,16,19). The van der Waals surface area contributed by atoms with E-state index in [0.29, 0.717) is 6.29 Å². The van der Waals surface area contributed by atoms with Crippen LogP contribution in [-0.4, -0.2) is 22.9 Å². The Bertz CT molecular complexity index is 612. The lowest BCUT2D eigenvalue weighted by molar-refractivity contribution is -0.384. The van der Waals surface area contributed by atoms with E-state index in [0.717, 1.165) is 6.07 Å². The second kappa shape index (κ2) is 6.31. The maximum absolute atomic E-state index is 11.8. The number of carbonyl (C=O) groups is 2. The van der Waals surface area contributed by atoms with Crippen LogP contribution in [0.15, 0.2) is 18.2 Å². The molecule has 1 rings (SSSR count). The molecule has 0 aliphatic heterocycles. The highest BCUT2D eigenvalue weighted by atomic mass is 35.5. The summed E-state index contributed by atoms with van der Waals surface area (Å²) < 4.78 is 5.09. The molecule has 0 spiro atoms. The third-order valence-corrected chi connectivity index (χ3v) is 3.06. The molecule has 0 heterocycles. The lowest BCUT2D eigenvalue weighted by atomic mass is 9.93. The number of nitro benzene ring substituents is 1. The van der Waals surface area contributed by atoms with E-state index in [1.165, 1.54) is 19.1 Å². The van der Waals surface area contributed by atoms with E-state index in [4.69, 9.17) is 16.3 Å². The minimum atomic E-state index is -1.47. The number of alkyl carbamates (subject to hydrolysis) is 1. The molecule has 0 saturated heterocycles. The van der Waals surface area contributed by atoms with E-state index in [1.54, 1.807) is 20.8 Å². The summed E-state index contributed by atoms with van der Waals surface area (Å²) in [6.45, 7) is 6.45. The summed E-state index contributed by atoms with van der Waals surface area (Å²) >= 11 is 5.74. The fourth-order valence-corrected chi connectivity index (χ4v) is 1.85. The van der Waals surface area contributed by atoms with Gasteiger partial charge in [0.05, 0.1) is 4.92 Å². The highest BCUT2D eigenvalue weighted by Gasteiger charge is 2.32. The van der Waals surface area contributed by atoms with Crippen LogP contribution in [0.1, 0.15) is 33.3 Å². The first-order valence-corrected chi connectivity index (χ1v) is 6.78. The zero-order chi connectivity index (χ0) is 17.1. The Morgan fingerprint density at radius 1 is 1.36 bits per heavy atom. The average Bonchev–Trinajstić information content (AvgIpc) is 2.36. The molecule has 1 N–H and O–H groups in total. The van der Waals surface area contributed by atoms with Crippen LogP contribution in [-0.2, 0) is 15.1 Å². The number of nitrogens with one attached hydrogen (secondary N) is 1. The molecular weight excluding hydrogens is 312 g/mol. The van der Waals surface area contributed by atoms with Crippen molar-refractivity contribution in [1.29, 1.82) is 0 Å². The van der Waals surface area contributed by atoms with Crippen LogP contribution < -0.4 is 5.32 Å². The number of ether oxygens (including phenoxy) is 1. The van der Waals surface area contributed by atoms with Crippen LogP contribution in [0.3, 0.4) is 0 Å². The third kappa shape index (κ3) is 4.42. The number of halogens is 1. The number of nitrogens with zero attached hydrogens (tertiary/aromatic N) is 1. The minimum absolute atomic E-state index is 0.0562. The molecule has 0 radical (unpaired) electrons. The molecule has 1 amide bonds. The highest BCUT2D eigenvalue weighted by Crippen LogP contribution is 2.29. The van der Waals surface area contributed by atoms with E-state index in [1.807, 2.05) is 0 Å². The SMILES string of the molecule is CC(C)(C)OC(=O)NC(C)(C=O)c1ccc(Cl)c([N+](=O)[O-])c1. The smallest absolute Gasteiger partial charge is 0.408 e. The number of hydrogen-bond donors (Lipinski definition) is 1. The van der Waals surface area contributed by atoms with Gasteiger partial charge in [-0.15, -0.1) is 0 Å². The normalized spacial score (nSPS) is 13.9. The summed E-state index contributed by atoms with van der Waals surface area (Å²) in [6, 6.07) is 3.88. The van der Waals surface area contributed by atoms with Gasteiger partial charge in [-0.3, -0.25) is 10.1 Å². The molecule has 0 aliphatic carbocycles. The van der Waals surface area contributed by atoms with Crippen molar-refractivity contribution in [2.45, 2.75) is 38.8 Å². The molecule has 0 fully saturated rings. The predicted octanol–water partition coefficient (Wildman–Crippen LogP) is 3.19. The molecule has 1 aromatic carbocycles. The molecule has 1 unspecified atom stereocenters. The van der Waals surface area contributed by atoms with Crippen LogP contribution >= 0.6 is 11.6 Å². The third-order valence-electron chi connectivity index (χ3n) is 2.74. The molecule has 120 valence electrons. The van der Waals surface area contributed by atoms with Gasteiger partial charge in [0.1, 0.15) is 22.4 Å². The maximum atomic E-state index is 11.8. The van der Waals surface area contributed by atoms with Crippen molar-refractivity contribution in [1.82, 2.24) is 5.32 Å². The highest BCUT2D eigenvalue weighted by molar-refractivity contribution is 6.32. The van der Waals surface area contributed by atoms with Gasteiger partial charge >= 0.3 is 6.09 Å². The van der Waals surface area contributed by atoms with E-state index in [-0.39, 0.29) is 16.3 Å². The molecule has 1 aromatic rings. The van der Waals surface area contributed by atoms with Gasteiger partial charge in [-0.1, -0.05) is 17.7 Å². The molecule has 22 heavy (non-hydrogen) atoms. The molecule has 0 bridgehead atoms. The van der Waals surface area contributed by atoms with Crippen LogP contribution in [0, 0.1) is 10.1 Å². The monoisotopic (exact) mass is 328 g/mol. The Hall–Kier alpha value is -2.15. The zero-order valence-electron chi connectivity index (χ0n) is 12.7. The lowest BCUT2D eigenvalue weighted by Gasteiger charge is -2.27. The van der Waals surface area contributed by atoms with Crippen molar-refractivity contribution >= 4 is 29.7 Å². The quantitative estimate of drug-likeness (QED) is 0.520. The molecule has 1 atom stereocenters. The number of carbonyl (C=O) groups excluding carboxylic acids is 2. The van der Waals surface area contributed by atoms with Gasteiger partial charge < -0.3 is 14.8 Å². The van der Waals surface area contributed by atoms with Crippen molar-refractivity contribution in [2.75, 3.05) is 0 Å². The van der Waals surface area contributed by atoms with Crippen molar-refractivity contribution in [3.8, 4) is 0 Å². The van der Waals surface area contributed by atoms with Gasteiger partial charge in [0, 0.05) is 6.07 Å². The first-order chi connectivity index (χ1) is 9.98. The molecule has 8 heteroatoms. The number of amides is 1. The largest absolute Gasteiger partial charge is 0.444 e. The Morgan fingerprint density at radius 3 is 2.41 bits per heavy atom. The Morgan fingerprint density at radius 2 is 1.95 bits per heavy atom. The fraction of sp³-hybridized carbons (Fsp3) is 0.429. The first kappa shape index (κ1) is 17.9.